The van der Waals surface area contributed by atoms with Gasteiger partial charge in [0, 0.05) is 19.6 Å². The molecule has 0 spiro atoms. The van der Waals surface area contributed by atoms with E-state index in [1.54, 1.807) is 4.90 Å². The van der Waals surface area contributed by atoms with Gasteiger partial charge in [-0.25, -0.2) is 0 Å². The molecule has 1 fully saturated rings. The summed E-state index contributed by atoms with van der Waals surface area (Å²) in [5, 5.41) is 21.4. The number of carbonyl (C=O) groups excluding carboxylic acids is 1. The molecule has 1 aromatic rings. The van der Waals surface area contributed by atoms with E-state index in [4.69, 9.17) is 4.74 Å². The van der Waals surface area contributed by atoms with Crippen LogP contribution in [0.1, 0.15) is 37.0 Å². The minimum atomic E-state index is -0.477. The van der Waals surface area contributed by atoms with E-state index < -0.39 is 5.60 Å². The predicted octanol–water partition coefficient (Wildman–Crippen LogP) is 0.972. The summed E-state index contributed by atoms with van der Waals surface area (Å²) in [6.07, 6.45) is 0.627. The maximum atomic E-state index is 12.5. The summed E-state index contributed by atoms with van der Waals surface area (Å²) in [7, 11) is 0. The van der Waals surface area contributed by atoms with Crippen LogP contribution in [0.2, 0.25) is 0 Å². The van der Waals surface area contributed by atoms with Gasteiger partial charge in [-0.1, -0.05) is 18.3 Å². The lowest BCUT2D eigenvalue weighted by atomic mass is 10.1. The molecule has 2 rings (SSSR count). The number of anilines is 1. The van der Waals surface area contributed by atoms with E-state index in [0.717, 1.165) is 13.0 Å². The average molecular weight is 314 g/mol. The van der Waals surface area contributed by atoms with E-state index in [1.165, 1.54) is 11.3 Å². The zero-order chi connectivity index (χ0) is 15.5. The highest BCUT2D eigenvalue weighted by atomic mass is 32.1. The largest absolute Gasteiger partial charge is 0.394 e. The van der Waals surface area contributed by atoms with E-state index in [2.05, 4.69) is 22.4 Å². The summed E-state index contributed by atoms with van der Waals surface area (Å²) in [6.45, 7) is 7.42. The fourth-order valence-electron chi connectivity index (χ4n) is 2.29. The number of carbonyl (C=O) groups is 1. The van der Waals surface area contributed by atoms with Gasteiger partial charge in [-0.2, -0.15) is 0 Å². The fraction of sp³-hybridized carbons (Fsp3) is 0.769. The number of aliphatic hydroxyl groups is 1. The highest BCUT2D eigenvalue weighted by molar-refractivity contribution is 7.17. The molecule has 0 aliphatic carbocycles. The SMILES string of the molecule is CCCNc1nnc(C(=O)N2CC(CO)OC(C)(C)C2)s1. The minimum Gasteiger partial charge on any atom is -0.394 e. The molecule has 1 aliphatic heterocycles. The van der Waals surface area contributed by atoms with Crippen molar-refractivity contribution < 1.29 is 14.6 Å². The molecule has 0 bridgehead atoms. The van der Waals surface area contributed by atoms with Crippen LogP contribution in [0.3, 0.4) is 0 Å². The lowest BCUT2D eigenvalue weighted by Gasteiger charge is -2.41. The third-order valence-electron chi connectivity index (χ3n) is 3.11. The minimum absolute atomic E-state index is 0.105. The Morgan fingerprint density at radius 2 is 2.33 bits per heavy atom. The summed E-state index contributed by atoms with van der Waals surface area (Å²) >= 11 is 1.26. The van der Waals surface area contributed by atoms with Gasteiger partial charge in [-0.15, -0.1) is 10.2 Å². The second-order valence-electron chi connectivity index (χ2n) is 5.71. The molecular weight excluding hydrogens is 292 g/mol. The summed E-state index contributed by atoms with van der Waals surface area (Å²) < 4.78 is 5.71. The summed E-state index contributed by atoms with van der Waals surface area (Å²) in [5.41, 5.74) is -0.477. The second kappa shape index (κ2) is 6.67. The lowest BCUT2D eigenvalue weighted by molar-refractivity contribution is -0.139. The van der Waals surface area contributed by atoms with Crippen LogP contribution < -0.4 is 5.32 Å². The van der Waals surface area contributed by atoms with E-state index in [-0.39, 0.29) is 18.6 Å². The average Bonchev–Trinajstić information content (AvgIpc) is 2.91. The van der Waals surface area contributed by atoms with E-state index in [9.17, 15) is 9.90 Å². The number of morpholine rings is 1. The first-order valence-corrected chi connectivity index (χ1v) is 7.92. The molecule has 0 aromatic carbocycles. The standard InChI is InChI=1S/C13H22N4O3S/c1-4-5-14-12-16-15-10(21-12)11(19)17-6-9(7-18)20-13(2,3)8-17/h9,18H,4-8H2,1-3H3,(H,14,16). The molecule has 1 amide bonds. The van der Waals surface area contributed by atoms with Crippen LogP contribution in [-0.4, -0.2) is 64.1 Å². The molecule has 0 saturated carbocycles. The van der Waals surface area contributed by atoms with Crippen molar-refractivity contribution in [3.05, 3.63) is 5.01 Å². The Morgan fingerprint density at radius 1 is 1.57 bits per heavy atom. The number of hydrogen-bond donors (Lipinski definition) is 2. The first-order valence-electron chi connectivity index (χ1n) is 7.10. The number of ether oxygens (including phenoxy) is 1. The molecule has 1 saturated heterocycles. The molecule has 2 N–H and O–H groups in total. The molecule has 1 aromatic heterocycles. The van der Waals surface area contributed by atoms with Crippen molar-refractivity contribution in [2.45, 2.75) is 38.9 Å². The molecule has 8 heteroatoms. The quantitative estimate of drug-likeness (QED) is 0.842. The first kappa shape index (κ1) is 16.1. The van der Waals surface area contributed by atoms with Crippen LogP contribution in [-0.2, 0) is 4.74 Å². The molecule has 1 unspecified atom stereocenters. The number of hydrogen-bond acceptors (Lipinski definition) is 7. The Kier molecular flexibility index (Phi) is 5.13. The van der Waals surface area contributed by atoms with Gasteiger partial charge in [-0.05, 0) is 20.3 Å². The monoisotopic (exact) mass is 314 g/mol. The van der Waals surface area contributed by atoms with Crippen LogP contribution in [0, 0.1) is 0 Å². The molecule has 0 radical (unpaired) electrons. The molecule has 1 atom stereocenters. The third kappa shape index (κ3) is 4.12. The van der Waals surface area contributed by atoms with Gasteiger partial charge >= 0.3 is 0 Å². The molecule has 2 heterocycles. The number of aliphatic hydroxyl groups excluding tert-OH is 1. The number of nitrogens with one attached hydrogen (secondary N) is 1. The van der Waals surface area contributed by atoms with Crippen molar-refractivity contribution in [2.75, 3.05) is 31.6 Å². The van der Waals surface area contributed by atoms with Crippen molar-refractivity contribution in [3.8, 4) is 0 Å². The molecule has 7 nitrogen and oxygen atoms in total. The van der Waals surface area contributed by atoms with Gasteiger partial charge in [0.2, 0.25) is 10.1 Å². The van der Waals surface area contributed by atoms with Crippen LogP contribution in [0.4, 0.5) is 5.13 Å². The van der Waals surface area contributed by atoms with Gasteiger partial charge in [0.25, 0.3) is 5.91 Å². The maximum Gasteiger partial charge on any atom is 0.285 e. The van der Waals surface area contributed by atoms with Crippen LogP contribution in [0.15, 0.2) is 0 Å². The molecule has 118 valence electrons. The van der Waals surface area contributed by atoms with Gasteiger partial charge in [0.1, 0.15) is 0 Å². The fourth-order valence-corrected chi connectivity index (χ4v) is 3.03. The topological polar surface area (TPSA) is 87.6 Å². The molecular formula is C13H22N4O3S. The highest BCUT2D eigenvalue weighted by Gasteiger charge is 2.36. The Balaban J connectivity index is 2.06. The van der Waals surface area contributed by atoms with Crippen molar-refractivity contribution in [1.82, 2.24) is 15.1 Å². The number of rotatable bonds is 5. The Bertz CT molecular complexity index is 492. The van der Waals surface area contributed by atoms with Crippen molar-refractivity contribution in [1.29, 1.82) is 0 Å². The highest BCUT2D eigenvalue weighted by Crippen LogP contribution is 2.24. The smallest absolute Gasteiger partial charge is 0.285 e. The first-order chi connectivity index (χ1) is 9.95. The second-order valence-corrected chi connectivity index (χ2v) is 6.68. The molecule has 21 heavy (non-hydrogen) atoms. The predicted molar refractivity (Wildman–Crippen MR) is 80.6 cm³/mol. The summed E-state index contributed by atoms with van der Waals surface area (Å²) in [4.78, 5) is 14.2. The maximum absolute atomic E-state index is 12.5. The summed E-state index contributed by atoms with van der Waals surface area (Å²) in [5.74, 6) is -0.160. The normalized spacial score (nSPS) is 21.3. The number of nitrogens with zero attached hydrogens (tertiary/aromatic N) is 3. The van der Waals surface area contributed by atoms with Gasteiger partial charge in [-0.3, -0.25) is 4.79 Å². The van der Waals surface area contributed by atoms with E-state index in [0.29, 0.717) is 23.2 Å². The van der Waals surface area contributed by atoms with Gasteiger partial charge < -0.3 is 20.1 Å². The summed E-state index contributed by atoms with van der Waals surface area (Å²) in [6, 6.07) is 0. The van der Waals surface area contributed by atoms with Crippen molar-refractivity contribution in [3.63, 3.8) is 0 Å². The zero-order valence-corrected chi connectivity index (χ0v) is 13.4. The Hall–Kier alpha value is -1.25. The van der Waals surface area contributed by atoms with Crippen LogP contribution in [0.5, 0.6) is 0 Å². The van der Waals surface area contributed by atoms with E-state index in [1.807, 2.05) is 13.8 Å². The number of aromatic nitrogens is 2. The van der Waals surface area contributed by atoms with E-state index >= 15 is 0 Å². The van der Waals surface area contributed by atoms with Crippen LogP contribution >= 0.6 is 11.3 Å². The zero-order valence-electron chi connectivity index (χ0n) is 12.6. The Labute approximate surface area is 128 Å². The van der Waals surface area contributed by atoms with Crippen molar-refractivity contribution in [2.24, 2.45) is 0 Å². The van der Waals surface area contributed by atoms with Gasteiger partial charge in [0.05, 0.1) is 18.3 Å². The Morgan fingerprint density at radius 3 is 3.00 bits per heavy atom. The molecule has 1 aliphatic rings. The van der Waals surface area contributed by atoms with Crippen LogP contribution in [0.25, 0.3) is 0 Å². The lowest BCUT2D eigenvalue weighted by Crippen LogP contribution is -2.55. The van der Waals surface area contributed by atoms with Crippen molar-refractivity contribution >= 4 is 22.4 Å². The van der Waals surface area contributed by atoms with Gasteiger partial charge in [0.15, 0.2) is 0 Å². The number of amides is 1. The third-order valence-corrected chi connectivity index (χ3v) is 3.98.